The molecule has 0 spiro atoms. The van der Waals surface area contributed by atoms with Crippen LogP contribution in [0.15, 0.2) is 30.3 Å². The lowest BCUT2D eigenvalue weighted by atomic mass is 10.1. The number of amides is 1. The van der Waals surface area contributed by atoms with Gasteiger partial charge in [-0.15, -0.1) is 0 Å². The standard InChI is InChI=1S/C18H24FNO4/c1-18(2,3)24-12-11-15(17(22)23)20-16(21)6-4-5-13-7-9-14(19)10-8-13/h4-5,7-10,15H,6,11-12H2,1-3H3,(H,20,21)(H,22,23)/b5-4+. The predicted octanol–water partition coefficient (Wildman–Crippen LogP) is 3.00. The van der Waals surface area contributed by atoms with Crippen LogP contribution in [0.1, 0.15) is 39.2 Å². The fraction of sp³-hybridized carbons (Fsp3) is 0.444. The first-order chi connectivity index (χ1) is 11.2. The Morgan fingerprint density at radius 3 is 2.46 bits per heavy atom. The minimum Gasteiger partial charge on any atom is -0.480 e. The molecule has 24 heavy (non-hydrogen) atoms. The number of rotatable bonds is 8. The van der Waals surface area contributed by atoms with E-state index in [9.17, 15) is 14.0 Å². The Hall–Kier alpha value is -2.21. The SMILES string of the molecule is CC(C)(C)OCCC(NC(=O)C/C=C/c1ccc(F)cc1)C(=O)O. The maximum Gasteiger partial charge on any atom is 0.326 e. The summed E-state index contributed by atoms with van der Waals surface area (Å²) in [6.07, 6.45) is 3.52. The number of carbonyl (C=O) groups is 2. The van der Waals surface area contributed by atoms with Gasteiger partial charge in [0.15, 0.2) is 0 Å². The third-order valence-electron chi connectivity index (χ3n) is 3.06. The van der Waals surface area contributed by atoms with E-state index < -0.39 is 17.9 Å². The number of carbonyl (C=O) groups excluding carboxylic acids is 1. The highest BCUT2D eigenvalue weighted by Gasteiger charge is 2.20. The van der Waals surface area contributed by atoms with Gasteiger partial charge >= 0.3 is 5.97 Å². The first-order valence-corrected chi connectivity index (χ1v) is 7.75. The van der Waals surface area contributed by atoms with Crippen LogP contribution in [-0.2, 0) is 14.3 Å². The van der Waals surface area contributed by atoms with Crippen molar-refractivity contribution >= 4 is 18.0 Å². The minimum absolute atomic E-state index is 0.0429. The summed E-state index contributed by atoms with van der Waals surface area (Å²) in [6, 6.07) is 4.85. The van der Waals surface area contributed by atoms with Crippen molar-refractivity contribution in [2.75, 3.05) is 6.61 Å². The normalized spacial score (nSPS) is 13.0. The summed E-state index contributed by atoms with van der Waals surface area (Å²) in [5.74, 6) is -1.81. The van der Waals surface area contributed by atoms with Gasteiger partial charge in [-0.1, -0.05) is 24.3 Å². The quantitative estimate of drug-likeness (QED) is 0.764. The first-order valence-electron chi connectivity index (χ1n) is 7.75. The highest BCUT2D eigenvalue weighted by molar-refractivity contribution is 5.84. The number of carboxylic acids is 1. The number of hydrogen-bond donors (Lipinski definition) is 2. The third kappa shape index (κ3) is 8.43. The van der Waals surface area contributed by atoms with Gasteiger partial charge in [-0.3, -0.25) is 4.79 Å². The van der Waals surface area contributed by atoms with Crippen LogP contribution in [-0.4, -0.2) is 35.2 Å². The maximum absolute atomic E-state index is 12.8. The number of aliphatic carboxylic acids is 1. The molecule has 1 amide bonds. The monoisotopic (exact) mass is 337 g/mol. The number of hydrogen-bond acceptors (Lipinski definition) is 3. The molecule has 0 aliphatic heterocycles. The van der Waals surface area contributed by atoms with E-state index in [2.05, 4.69) is 5.32 Å². The number of halogens is 1. The Balaban J connectivity index is 2.44. The zero-order chi connectivity index (χ0) is 18.2. The zero-order valence-electron chi connectivity index (χ0n) is 14.2. The van der Waals surface area contributed by atoms with E-state index in [-0.39, 0.29) is 30.9 Å². The fourth-order valence-corrected chi connectivity index (χ4v) is 1.87. The number of benzene rings is 1. The molecule has 0 radical (unpaired) electrons. The highest BCUT2D eigenvalue weighted by atomic mass is 19.1. The molecule has 1 aromatic rings. The molecule has 132 valence electrons. The molecule has 0 saturated heterocycles. The van der Waals surface area contributed by atoms with Crippen molar-refractivity contribution < 1.29 is 23.8 Å². The summed E-state index contributed by atoms with van der Waals surface area (Å²) in [4.78, 5) is 23.0. The molecule has 0 heterocycles. The van der Waals surface area contributed by atoms with Crippen LogP contribution in [0.25, 0.3) is 6.08 Å². The Labute approximate surface area is 141 Å². The van der Waals surface area contributed by atoms with E-state index in [0.29, 0.717) is 0 Å². The molecule has 0 aliphatic carbocycles. The Morgan fingerprint density at radius 1 is 1.29 bits per heavy atom. The van der Waals surface area contributed by atoms with Crippen LogP contribution in [0.5, 0.6) is 0 Å². The van der Waals surface area contributed by atoms with Crippen molar-refractivity contribution in [3.8, 4) is 0 Å². The smallest absolute Gasteiger partial charge is 0.326 e. The highest BCUT2D eigenvalue weighted by Crippen LogP contribution is 2.08. The molecule has 1 aromatic carbocycles. The molecule has 1 atom stereocenters. The largest absolute Gasteiger partial charge is 0.480 e. The van der Waals surface area contributed by atoms with Crippen LogP contribution >= 0.6 is 0 Å². The maximum atomic E-state index is 12.8. The molecular weight excluding hydrogens is 313 g/mol. The first kappa shape index (κ1) is 19.8. The molecule has 0 bridgehead atoms. The average Bonchev–Trinajstić information content (AvgIpc) is 2.47. The van der Waals surface area contributed by atoms with Crippen molar-refractivity contribution in [1.82, 2.24) is 5.32 Å². The van der Waals surface area contributed by atoms with E-state index >= 15 is 0 Å². The van der Waals surface area contributed by atoms with Crippen molar-refractivity contribution in [1.29, 1.82) is 0 Å². The van der Waals surface area contributed by atoms with Crippen molar-refractivity contribution in [3.05, 3.63) is 41.7 Å². The van der Waals surface area contributed by atoms with Crippen molar-refractivity contribution in [2.45, 2.75) is 45.3 Å². The Bertz CT molecular complexity index is 576. The Morgan fingerprint density at radius 2 is 1.92 bits per heavy atom. The lowest BCUT2D eigenvalue weighted by Gasteiger charge is -2.21. The second-order valence-electron chi connectivity index (χ2n) is 6.37. The van der Waals surface area contributed by atoms with Crippen molar-refractivity contribution in [2.24, 2.45) is 0 Å². The van der Waals surface area contributed by atoms with Crippen LogP contribution in [0.2, 0.25) is 0 Å². The summed E-state index contributed by atoms with van der Waals surface area (Å²) in [7, 11) is 0. The zero-order valence-corrected chi connectivity index (χ0v) is 14.2. The van der Waals surface area contributed by atoms with Gasteiger partial charge < -0.3 is 15.2 Å². The molecule has 0 saturated carbocycles. The topological polar surface area (TPSA) is 75.6 Å². The molecule has 1 rings (SSSR count). The van der Waals surface area contributed by atoms with Gasteiger partial charge in [0, 0.05) is 19.4 Å². The summed E-state index contributed by atoms with van der Waals surface area (Å²) in [5, 5.41) is 11.6. The van der Waals surface area contributed by atoms with Gasteiger partial charge in [0.25, 0.3) is 0 Å². The molecular formula is C18H24FNO4. The number of nitrogens with one attached hydrogen (secondary N) is 1. The van der Waals surface area contributed by atoms with E-state index in [1.54, 1.807) is 24.3 Å². The van der Waals surface area contributed by atoms with Gasteiger partial charge in [-0.25, -0.2) is 9.18 Å². The lowest BCUT2D eigenvalue weighted by molar-refractivity contribution is -0.142. The van der Waals surface area contributed by atoms with Crippen LogP contribution in [0.4, 0.5) is 4.39 Å². The van der Waals surface area contributed by atoms with E-state index in [1.807, 2.05) is 20.8 Å². The second kappa shape index (κ2) is 9.17. The van der Waals surface area contributed by atoms with Crippen LogP contribution in [0, 0.1) is 5.82 Å². The van der Waals surface area contributed by atoms with Crippen LogP contribution in [0.3, 0.4) is 0 Å². The molecule has 5 nitrogen and oxygen atoms in total. The lowest BCUT2D eigenvalue weighted by Crippen LogP contribution is -2.41. The van der Waals surface area contributed by atoms with Crippen molar-refractivity contribution in [3.63, 3.8) is 0 Å². The number of carboxylic acid groups (broad SMARTS) is 1. The molecule has 0 aliphatic rings. The summed E-state index contributed by atoms with van der Waals surface area (Å²) in [6.45, 7) is 5.87. The summed E-state index contributed by atoms with van der Waals surface area (Å²) in [5.41, 5.74) is 0.405. The average molecular weight is 337 g/mol. The second-order valence-corrected chi connectivity index (χ2v) is 6.37. The van der Waals surface area contributed by atoms with E-state index in [1.165, 1.54) is 12.1 Å². The minimum atomic E-state index is -1.09. The van der Waals surface area contributed by atoms with Gasteiger partial charge in [-0.05, 0) is 38.5 Å². The predicted molar refractivity (Wildman–Crippen MR) is 89.9 cm³/mol. The summed E-state index contributed by atoms with van der Waals surface area (Å²) < 4.78 is 18.3. The van der Waals surface area contributed by atoms with Gasteiger partial charge in [0.2, 0.25) is 5.91 Å². The third-order valence-corrected chi connectivity index (χ3v) is 3.06. The van der Waals surface area contributed by atoms with Gasteiger partial charge in [0.05, 0.1) is 5.60 Å². The van der Waals surface area contributed by atoms with Gasteiger partial charge in [-0.2, -0.15) is 0 Å². The molecule has 0 aromatic heterocycles. The number of ether oxygens (including phenoxy) is 1. The Kier molecular flexibility index (Phi) is 7.58. The summed E-state index contributed by atoms with van der Waals surface area (Å²) >= 11 is 0. The fourth-order valence-electron chi connectivity index (χ4n) is 1.87. The van der Waals surface area contributed by atoms with Gasteiger partial charge in [0.1, 0.15) is 11.9 Å². The molecule has 2 N–H and O–H groups in total. The van der Waals surface area contributed by atoms with Crippen LogP contribution < -0.4 is 5.32 Å². The van der Waals surface area contributed by atoms with E-state index in [4.69, 9.17) is 9.84 Å². The molecule has 0 fully saturated rings. The van der Waals surface area contributed by atoms with E-state index in [0.717, 1.165) is 5.56 Å². The molecule has 1 unspecified atom stereocenters. The molecule has 6 heteroatoms.